The SMILES string of the molecule is CC1CC(c2cccc(-n3c(O)ccc3O)c2)c2cc(Cl)cc(Cl)c2N1. The first-order chi connectivity index (χ1) is 12.4. The van der Waals surface area contributed by atoms with E-state index in [4.69, 9.17) is 23.2 Å². The molecule has 2 aromatic carbocycles. The third-order valence-electron chi connectivity index (χ3n) is 4.81. The third kappa shape index (κ3) is 2.89. The van der Waals surface area contributed by atoms with Crippen LogP contribution in [0.5, 0.6) is 11.8 Å². The first-order valence-corrected chi connectivity index (χ1v) is 9.15. The highest BCUT2D eigenvalue weighted by atomic mass is 35.5. The number of hydrogen-bond donors (Lipinski definition) is 3. The Morgan fingerprint density at radius 2 is 1.77 bits per heavy atom. The van der Waals surface area contributed by atoms with E-state index in [0.29, 0.717) is 15.7 Å². The van der Waals surface area contributed by atoms with Gasteiger partial charge in [-0.1, -0.05) is 35.3 Å². The van der Waals surface area contributed by atoms with Crippen molar-refractivity contribution in [3.8, 4) is 17.4 Å². The largest absolute Gasteiger partial charge is 0.494 e. The number of aromatic nitrogens is 1. The van der Waals surface area contributed by atoms with Gasteiger partial charge in [0.15, 0.2) is 11.8 Å². The van der Waals surface area contributed by atoms with E-state index in [1.165, 1.54) is 16.7 Å². The Morgan fingerprint density at radius 1 is 1.04 bits per heavy atom. The summed E-state index contributed by atoms with van der Waals surface area (Å²) in [6.07, 6.45) is 0.886. The van der Waals surface area contributed by atoms with Gasteiger partial charge in [-0.05, 0) is 48.7 Å². The number of hydrogen-bond acceptors (Lipinski definition) is 3. The van der Waals surface area contributed by atoms with Crippen molar-refractivity contribution in [1.29, 1.82) is 0 Å². The molecule has 0 bridgehead atoms. The van der Waals surface area contributed by atoms with Crippen LogP contribution in [0.15, 0.2) is 48.5 Å². The highest BCUT2D eigenvalue weighted by Crippen LogP contribution is 2.44. The van der Waals surface area contributed by atoms with Crippen LogP contribution in [0.2, 0.25) is 10.0 Å². The molecule has 1 aliphatic rings. The van der Waals surface area contributed by atoms with Gasteiger partial charge in [0.1, 0.15) is 0 Å². The Hall–Kier alpha value is -2.30. The summed E-state index contributed by atoms with van der Waals surface area (Å²) in [6.45, 7) is 2.12. The van der Waals surface area contributed by atoms with Gasteiger partial charge >= 0.3 is 0 Å². The minimum atomic E-state index is -0.00943. The molecule has 0 saturated heterocycles. The molecule has 1 aromatic heterocycles. The number of fused-ring (bicyclic) bond motifs is 1. The molecule has 0 fully saturated rings. The molecule has 1 aliphatic heterocycles. The van der Waals surface area contributed by atoms with Gasteiger partial charge in [0, 0.05) is 29.1 Å². The van der Waals surface area contributed by atoms with E-state index in [-0.39, 0.29) is 23.7 Å². The smallest absolute Gasteiger partial charge is 0.198 e. The van der Waals surface area contributed by atoms with Crippen LogP contribution in [-0.4, -0.2) is 20.8 Å². The van der Waals surface area contributed by atoms with Crippen LogP contribution in [0.1, 0.15) is 30.4 Å². The summed E-state index contributed by atoms with van der Waals surface area (Å²) < 4.78 is 1.40. The molecular formula is C20H18Cl2N2O2. The Morgan fingerprint density at radius 3 is 2.50 bits per heavy atom. The molecule has 0 saturated carbocycles. The van der Waals surface area contributed by atoms with Crippen molar-refractivity contribution in [3.63, 3.8) is 0 Å². The lowest BCUT2D eigenvalue weighted by Gasteiger charge is -2.33. The van der Waals surface area contributed by atoms with Gasteiger partial charge in [-0.15, -0.1) is 0 Å². The van der Waals surface area contributed by atoms with E-state index >= 15 is 0 Å². The van der Waals surface area contributed by atoms with Crippen LogP contribution in [0.25, 0.3) is 5.69 Å². The highest BCUT2D eigenvalue weighted by Gasteiger charge is 2.28. The molecule has 0 spiro atoms. The summed E-state index contributed by atoms with van der Waals surface area (Å²) >= 11 is 12.6. The highest BCUT2D eigenvalue weighted by molar-refractivity contribution is 6.36. The predicted octanol–water partition coefficient (Wildman–Crippen LogP) is 5.53. The van der Waals surface area contributed by atoms with Crippen LogP contribution in [0, 0.1) is 0 Å². The van der Waals surface area contributed by atoms with E-state index < -0.39 is 0 Å². The molecule has 134 valence electrons. The molecule has 4 rings (SSSR count). The molecule has 0 amide bonds. The minimum Gasteiger partial charge on any atom is -0.494 e. The second-order valence-corrected chi connectivity index (χ2v) is 7.51. The zero-order valence-electron chi connectivity index (χ0n) is 14.1. The van der Waals surface area contributed by atoms with Crippen molar-refractivity contribution in [1.82, 2.24) is 4.57 Å². The van der Waals surface area contributed by atoms with Crippen molar-refractivity contribution in [2.45, 2.75) is 25.3 Å². The molecule has 3 aromatic rings. The maximum atomic E-state index is 10.0. The van der Waals surface area contributed by atoms with Crippen LogP contribution in [0.4, 0.5) is 5.69 Å². The van der Waals surface area contributed by atoms with Gasteiger partial charge < -0.3 is 15.5 Å². The second kappa shape index (κ2) is 6.45. The van der Waals surface area contributed by atoms with Gasteiger partial charge in [0.05, 0.1) is 16.4 Å². The Kier molecular flexibility index (Phi) is 4.25. The van der Waals surface area contributed by atoms with Crippen molar-refractivity contribution in [2.75, 3.05) is 5.32 Å². The molecule has 26 heavy (non-hydrogen) atoms. The van der Waals surface area contributed by atoms with Gasteiger partial charge in [-0.3, -0.25) is 4.57 Å². The molecule has 0 radical (unpaired) electrons. The number of nitrogens with zero attached hydrogens (tertiary/aromatic N) is 1. The van der Waals surface area contributed by atoms with E-state index in [9.17, 15) is 10.2 Å². The first kappa shape index (κ1) is 17.1. The molecule has 4 nitrogen and oxygen atoms in total. The maximum absolute atomic E-state index is 10.0. The summed E-state index contributed by atoms with van der Waals surface area (Å²) in [4.78, 5) is 0. The Bertz CT molecular complexity index is 964. The number of rotatable bonds is 2. The molecule has 6 heteroatoms. The van der Waals surface area contributed by atoms with Crippen LogP contribution < -0.4 is 5.32 Å². The number of benzene rings is 2. The second-order valence-electron chi connectivity index (χ2n) is 6.67. The molecule has 2 unspecified atom stereocenters. The topological polar surface area (TPSA) is 57.4 Å². The minimum absolute atomic E-state index is 0.00943. The predicted molar refractivity (Wildman–Crippen MR) is 105 cm³/mol. The number of nitrogens with one attached hydrogen (secondary N) is 1. The normalized spacial score (nSPS) is 19.0. The van der Waals surface area contributed by atoms with E-state index in [1.807, 2.05) is 30.3 Å². The number of aromatic hydroxyl groups is 2. The van der Waals surface area contributed by atoms with Crippen LogP contribution >= 0.6 is 23.2 Å². The fourth-order valence-corrected chi connectivity index (χ4v) is 4.25. The van der Waals surface area contributed by atoms with E-state index in [0.717, 1.165) is 23.2 Å². The van der Waals surface area contributed by atoms with Gasteiger partial charge in [-0.2, -0.15) is 0 Å². The number of halogens is 2. The average molecular weight is 389 g/mol. The summed E-state index contributed by atoms with van der Waals surface area (Å²) in [7, 11) is 0. The van der Waals surface area contributed by atoms with Crippen molar-refractivity contribution in [3.05, 3.63) is 69.7 Å². The summed E-state index contributed by atoms with van der Waals surface area (Å²) in [5.41, 5.74) is 3.74. The first-order valence-electron chi connectivity index (χ1n) is 8.39. The monoisotopic (exact) mass is 388 g/mol. The molecule has 2 atom stereocenters. The quantitative estimate of drug-likeness (QED) is 0.540. The van der Waals surface area contributed by atoms with E-state index in [2.05, 4.69) is 12.2 Å². The van der Waals surface area contributed by atoms with Crippen molar-refractivity contribution >= 4 is 28.9 Å². The Labute approximate surface area is 161 Å². The van der Waals surface area contributed by atoms with Gasteiger partial charge in [-0.25, -0.2) is 0 Å². The van der Waals surface area contributed by atoms with Gasteiger partial charge in [0.2, 0.25) is 0 Å². The van der Waals surface area contributed by atoms with Crippen molar-refractivity contribution in [2.24, 2.45) is 0 Å². The zero-order valence-corrected chi connectivity index (χ0v) is 15.6. The standard InChI is InChI=1S/C20H18Cl2N2O2/c1-11-7-15(16-9-13(21)10-17(22)20(16)23-11)12-3-2-4-14(8-12)24-18(25)5-6-19(24)26/h2-6,8-11,15,23,25-26H,7H2,1H3. The molecular weight excluding hydrogens is 371 g/mol. The van der Waals surface area contributed by atoms with Crippen LogP contribution in [-0.2, 0) is 0 Å². The summed E-state index contributed by atoms with van der Waals surface area (Å²) in [5, 5.41) is 24.7. The number of anilines is 1. The van der Waals surface area contributed by atoms with Crippen LogP contribution in [0.3, 0.4) is 0 Å². The summed E-state index contributed by atoms with van der Waals surface area (Å²) in [5.74, 6) is 0.0897. The average Bonchev–Trinajstić information content (AvgIpc) is 2.94. The fourth-order valence-electron chi connectivity index (χ4n) is 3.68. The zero-order chi connectivity index (χ0) is 18.4. The maximum Gasteiger partial charge on any atom is 0.198 e. The van der Waals surface area contributed by atoms with Crippen molar-refractivity contribution < 1.29 is 10.2 Å². The van der Waals surface area contributed by atoms with E-state index in [1.54, 1.807) is 6.07 Å². The third-order valence-corrected chi connectivity index (χ3v) is 5.33. The van der Waals surface area contributed by atoms with Gasteiger partial charge in [0.25, 0.3) is 0 Å². The summed E-state index contributed by atoms with van der Waals surface area (Å²) in [6, 6.07) is 14.7. The molecule has 2 heterocycles. The molecule has 3 N–H and O–H groups in total. The lowest BCUT2D eigenvalue weighted by atomic mass is 9.82. The Balaban J connectivity index is 1.84. The lowest BCUT2D eigenvalue weighted by Crippen LogP contribution is -2.26. The fraction of sp³-hybridized carbons (Fsp3) is 0.200. The molecule has 0 aliphatic carbocycles. The lowest BCUT2D eigenvalue weighted by molar-refractivity contribution is 0.402.